The number of amides is 1. The van der Waals surface area contributed by atoms with E-state index in [0.29, 0.717) is 17.0 Å². The Kier molecular flexibility index (Phi) is 4.45. The minimum atomic E-state index is -0.633. The maximum atomic E-state index is 12.1. The number of benzene rings is 2. The molecule has 0 saturated carbocycles. The zero-order chi connectivity index (χ0) is 19.0. The van der Waals surface area contributed by atoms with Gasteiger partial charge in [-0.2, -0.15) is 0 Å². The highest BCUT2D eigenvalue weighted by atomic mass is 79.9. The summed E-state index contributed by atoms with van der Waals surface area (Å²) < 4.78 is 17.0. The number of ether oxygens (including phenoxy) is 1. The molecule has 0 atom stereocenters. The third-order valence-corrected chi connectivity index (χ3v) is 4.57. The summed E-state index contributed by atoms with van der Waals surface area (Å²) in [6.45, 7) is 1.83. The number of carbonyl (C=O) groups excluding carboxylic acids is 1. The van der Waals surface area contributed by atoms with Crippen molar-refractivity contribution in [2.24, 2.45) is 0 Å². The molecule has 27 heavy (non-hydrogen) atoms. The lowest BCUT2D eigenvalue weighted by Crippen LogP contribution is -2.13. The van der Waals surface area contributed by atoms with E-state index in [1.165, 1.54) is 6.07 Å². The van der Waals surface area contributed by atoms with Crippen molar-refractivity contribution in [1.29, 1.82) is 0 Å². The third kappa shape index (κ3) is 3.73. The summed E-state index contributed by atoms with van der Waals surface area (Å²) in [6, 6.07) is 14.0. The molecule has 1 N–H and O–H groups in total. The Morgan fingerprint density at radius 2 is 1.93 bits per heavy atom. The molecule has 2 heterocycles. The second kappa shape index (κ2) is 6.92. The van der Waals surface area contributed by atoms with E-state index in [4.69, 9.17) is 13.6 Å². The average molecular weight is 428 g/mol. The van der Waals surface area contributed by atoms with Crippen LogP contribution in [0.25, 0.3) is 21.9 Å². The molecule has 0 unspecified atom stereocenters. The molecule has 1 amide bonds. The topological polar surface area (TPSA) is 81.7 Å². The number of nitrogens with one attached hydrogen (secondary N) is 1. The molecule has 0 aliphatic carbocycles. The van der Waals surface area contributed by atoms with Crippen LogP contribution < -0.4 is 10.9 Å². The highest BCUT2D eigenvalue weighted by Gasteiger charge is 2.10. The van der Waals surface area contributed by atoms with E-state index < -0.39 is 11.7 Å². The minimum Gasteiger partial charge on any atom is -0.457 e. The van der Waals surface area contributed by atoms with Crippen molar-refractivity contribution in [3.8, 4) is 0 Å². The lowest BCUT2D eigenvalue weighted by molar-refractivity contribution is 0.147. The smallest absolute Gasteiger partial charge is 0.412 e. The van der Waals surface area contributed by atoms with Gasteiger partial charge in [0.05, 0.1) is 0 Å². The number of carbonyl (C=O) groups is 1. The van der Waals surface area contributed by atoms with Gasteiger partial charge in [-0.15, -0.1) is 0 Å². The minimum absolute atomic E-state index is 0.0000943. The van der Waals surface area contributed by atoms with Crippen LogP contribution in [0, 0.1) is 6.92 Å². The number of furan rings is 1. The van der Waals surface area contributed by atoms with Crippen LogP contribution in [-0.4, -0.2) is 6.09 Å². The summed E-state index contributed by atoms with van der Waals surface area (Å²) in [6.07, 6.45) is -0.633. The molecule has 2 aromatic heterocycles. The van der Waals surface area contributed by atoms with Gasteiger partial charge in [-0.1, -0.05) is 15.9 Å². The highest BCUT2D eigenvalue weighted by Crippen LogP contribution is 2.24. The fourth-order valence-corrected chi connectivity index (χ4v) is 3.21. The summed E-state index contributed by atoms with van der Waals surface area (Å²) in [5.41, 5.74) is 1.97. The second-order valence-electron chi connectivity index (χ2n) is 6.06. The Morgan fingerprint density at radius 1 is 1.07 bits per heavy atom. The van der Waals surface area contributed by atoms with Crippen molar-refractivity contribution in [3.05, 3.63) is 74.7 Å². The van der Waals surface area contributed by atoms with E-state index in [-0.39, 0.29) is 6.61 Å². The molecule has 6 nitrogen and oxygen atoms in total. The van der Waals surface area contributed by atoms with Gasteiger partial charge in [-0.25, -0.2) is 9.59 Å². The van der Waals surface area contributed by atoms with Gasteiger partial charge in [-0.05, 0) is 48.9 Å². The van der Waals surface area contributed by atoms with E-state index >= 15 is 0 Å². The number of halogens is 1. The first-order valence-corrected chi connectivity index (χ1v) is 8.93. The first-order valence-electron chi connectivity index (χ1n) is 8.14. The van der Waals surface area contributed by atoms with Crippen molar-refractivity contribution >= 4 is 49.6 Å². The fraction of sp³-hybridized carbons (Fsp3) is 0.100. The molecule has 4 aromatic rings. The SMILES string of the molecule is Cc1cc(=O)oc2cc(NC(=O)OCc3cc4cc(Br)ccc4o3)ccc12. The molecule has 0 aliphatic rings. The monoisotopic (exact) mass is 427 g/mol. The van der Waals surface area contributed by atoms with E-state index in [9.17, 15) is 9.59 Å². The van der Waals surface area contributed by atoms with E-state index in [1.807, 2.05) is 31.2 Å². The standard InChI is InChI=1S/C20H14BrNO5/c1-11-6-19(23)27-18-9-14(3-4-16(11)18)22-20(24)25-10-15-8-12-7-13(21)2-5-17(12)26-15/h2-9H,10H2,1H3,(H,22,24). The van der Waals surface area contributed by atoms with Crippen molar-refractivity contribution < 1.29 is 18.4 Å². The van der Waals surface area contributed by atoms with E-state index in [0.717, 1.165) is 26.4 Å². The van der Waals surface area contributed by atoms with Gasteiger partial charge < -0.3 is 13.6 Å². The van der Waals surface area contributed by atoms with Crippen molar-refractivity contribution in [2.45, 2.75) is 13.5 Å². The van der Waals surface area contributed by atoms with Crippen LogP contribution in [-0.2, 0) is 11.3 Å². The summed E-state index contributed by atoms with van der Waals surface area (Å²) in [7, 11) is 0. The van der Waals surface area contributed by atoms with Crippen LogP contribution in [0.1, 0.15) is 11.3 Å². The van der Waals surface area contributed by atoms with Crippen LogP contribution in [0.2, 0.25) is 0 Å². The van der Waals surface area contributed by atoms with Crippen LogP contribution in [0.3, 0.4) is 0 Å². The van der Waals surface area contributed by atoms with Crippen molar-refractivity contribution in [1.82, 2.24) is 0 Å². The molecule has 0 bridgehead atoms. The maximum Gasteiger partial charge on any atom is 0.412 e. The summed E-state index contributed by atoms with van der Waals surface area (Å²) in [4.78, 5) is 23.6. The van der Waals surface area contributed by atoms with Crippen LogP contribution >= 0.6 is 15.9 Å². The summed E-state index contributed by atoms with van der Waals surface area (Å²) in [5, 5.41) is 4.34. The third-order valence-electron chi connectivity index (χ3n) is 4.07. The molecule has 2 aromatic carbocycles. The van der Waals surface area contributed by atoms with Crippen LogP contribution in [0.4, 0.5) is 10.5 Å². The van der Waals surface area contributed by atoms with E-state index in [2.05, 4.69) is 21.2 Å². The van der Waals surface area contributed by atoms with Gasteiger partial charge in [0, 0.05) is 33.1 Å². The first kappa shape index (κ1) is 17.4. The zero-order valence-electron chi connectivity index (χ0n) is 14.2. The Hall–Kier alpha value is -3.06. The molecule has 0 aliphatic heterocycles. The van der Waals surface area contributed by atoms with Gasteiger partial charge in [0.1, 0.15) is 16.9 Å². The molecule has 0 spiro atoms. The quantitative estimate of drug-likeness (QED) is 0.445. The lowest BCUT2D eigenvalue weighted by Gasteiger charge is -2.07. The fourth-order valence-electron chi connectivity index (χ4n) is 2.83. The molecule has 0 radical (unpaired) electrons. The van der Waals surface area contributed by atoms with Crippen LogP contribution in [0.15, 0.2) is 66.6 Å². The summed E-state index contributed by atoms with van der Waals surface area (Å²) >= 11 is 3.40. The first-order chi connectivity index (χ1) is 13.0. The van der Waals surface area contributed by atoms with Gasteiger partial charge >= 0.3 is 11.7 Å². The Balaban J connectivity index is 1.45. The normalized spacial score (nSPS) is 11.0. The molecule has 0 fully saturated rings. The molecule has 7 heteroatoms. The zero-order valence-corrected chi connectivity index (χ0v) is 15.8. The van der Waals surface area contributed by atoms with E-state index in [1.54, 1.807) is 18.2 Å². The highest BCUT2D eigenvalue weighted by molar-refractivity contribution is 9.10. The number of hydrogen-bond acceptors (Lipinski definition) is 5. The van der Waals surface area contributed by atoms with Crippen LogP contribution in [0.5, 0.6) is 0 Å². The Bertz CT molecular complexity index is 1220. The molecule has 4 rings (SSSR count). The Morgan fingerprint density at radius 3 is 2.78 bits per heavy atom. The Labute approximate surface area is 161 Å². The average Bonchev–Trinajstić information content (AvgIpc) is 3.01. The molecular formula is C20H14BrNO5. The number of anilines is 1. The summed E-state index contributed by atoms with van der Waals surface area (Å²) in [5.74, 6) is 0.540. The predicted molar refractivity (Wildman–Crippen MR) is 105 cm³/mol. The molecule has 136 valence electrons. The number of rotatable bonds is 3. The van der Waals surface area contributed by atoms with Gasteiger partial charge in [0.2, 0.25) is 0 Å². The lowest BCUT2D eigenvalue weighted by atomic mass is 10.1. The van der Waals surface area contributed by atoms with Gasteiger partial charge in [-0.3, -0.25) is 5.32 Å². The van der Waals surface area contributed by atoms with Gasteiger partial charge in [0.15, 0.2) is 6.61 Å². The number of aryl methyl sites for hydroxylation is 1. The van der Waals surface area contributed by atoms with Crippen molar-refractivity contribution in [2.75, 3.05) is 5.32 Å². The number of fused-ring (bicyclic) bond motifs is 2. The van der Waals surface area contributed by atoms with Gasteiger partial charge in [0.25, 0.3) is 0 Å². The second-order valence-corrected chi connectivity index (χ2v) is 6.97. The molecule has 0 saturated heterocycles. The largest absolute Gasteiger partial charge is 0.457 e. The number of hydrogen-bond donors (Lipinski definition) is 1. The van der Waals surface area contributed by atoms with Crippen molar-refractivity contribution in [3.63, 3.8) is 0 Å². The molecular weight excluding hydrogens is 414 g/mol. The predicted octanol–water partition coefficient (Wildman–Crippen LogP) is 5.36. The maximum absolute atomic E-state index is 12.1.